The minimum atomic E-state index is -0.473. The van der Waals surface area contributed by atoms with Crippen molar-refractivity contribution >= 4 is 64.1 Å². The summed E-state index contributed by atoms with van der Waals surface area (Å²) in [6.45, 7) is 0. The van der Waals surface area contributed by atoms with E-state index in [2.05, 4.69) is 143 Å². The van der Waals surface area contributed by atoms with E-state index < -0.39 is 18.1 Å². The lowest BCUT2D eigenvalue weighted by Gasteiger charge is -2.13. The zero-order chi connectivity index (χ0) is 43.9. The first-order valence-electron chi connectivity index (χ1n) is 22.3. The van der Waals surface area contributed by atoms with Crippen molar-refractivity contribution in [2.45, 2.75) is 0 Å². The van der Waals surface area contributed by atoms with Gasteiger partial charge in [0.1, 0.15) is 0 Å². The van der Waals surface area contributed by atoms with Crippen LogP contribution in [0.3, 0.4) is 0 Å². The predicted octanol–water partition coefficient (Wildman–Crippen LogP) is 14.8. The molecule has 0 N–H and O–H groups in total. The van der Waals surface area contributed by atoms with Gasteiger partial charge >= 0.3 is 0 Å². The molecule has 0 amide bonds. The molecule has 60 heavy (non-hydrogen) atoms. The Bertz CT molecular complexity index is 3820. The average Bonchev–Trinajstić information content (AvgIpc) is 3.91. The van der Waals surface area contributed by atoms with Crippen molar-refractivity contribution in [2.75, 3.05) is 0 Å². The maximum absolute atomic E-state index is 8.71. The second kappa shape index (κ2) is 14.0. The van der Waals surface area contributed by atoms with Gasteiger partial charge in [0, 0.05) is 58.9 Å². The maximum atomic E-state index is 8.71. The molecule has 0 aliphatic rings. The summed E-state index contributed by atoms with van der Waals surface area (Å²) in [6.07, 6.45) is 0. The Balaban J connectivity index is 1.05. The molecule has 3 heterocycles. The van der Waals surface area contributed by atoms with Gasteiger partial charge in [0.2, 0.25) is 0 Å². The van der Waals surface area contributed by atoms with E-state index in [1.807, 2.05) is 53.8 Å². The molecule has 0 aliphatic carbocycles. The van der Waals surface area contributed by atoms with E-state index in [4.69, 9.17) is 16.8 Å². The van der Waals surface area contributed by atoms with Crippen molar-refractivity contribution < 1.29 is 6.85 Å². The molecule has 0 spiro atoms. The molecule has 0 aliphatic heterocycles. The van der Waals surface area contributed by atoms with Crippen molar-refractivity contribution in [3.63, 3.8) is 0 Å². The number of para-hydroxylation sites is 2. The monoisotopic (exact) mass is 787 g/mol. The second-order valence-electron chi connectivity index (χ2n) is 14.8. The Morgan fingerprint density at radius 1 is 0.383 bits per heavy atom. The molecular formula is C55H34N4S. The molecule has 0 saturated carbocycles. The number of nitrogens with zero attached hydrogens (tertiary/aromatic N) is 4. The van der Waals surface area contributed by atoms with Crippen LogP contribution in [-0.2, 0) is 0 Å². The highest BCUT2D eigenvalue weighted by Crippen LogP contribution is 2.46. The van der Waals surface area contributed by atoms with Crippen LogP contribution in [0.4, 0.5) is 0 Å². The highest BCUT2D eigenvalue weighted by atomic mass is 32.1. The van der Waals surface area contributed by atoms with Crippen LogP contribution in [0.15, 0.2) is 206 Å². The molecule has 12 rings (SSSR count). The summed E-state index contributed by atoms with van der Waals surface area (Å²) < 4.78 is 47.1. The average molecular weight is 788 g/mol. The number of aromatic nitrogens is 4. The fourth-order valence-corrected chi connectivity index (χ4v) is 9.87. The van der Waals surface area contributed by atoms with Crippen molar-refractivity contribution in [3.05, 3.63) is 206 Å². The van der Waals surface area contributed by atoms with Crippen LogP contribution in [0, 0.1) is 0 Å². The third-order valence-electron chi connectivity index (χ3n) is 11.3. The van der Waals surface area contributed by atoms with E-state index in [9.17, 15) is 0 Å². The molecule has 0 radical (unpaired) electrons. The van der Waals surface area contributed by atoms with E-state index in [1.54, 1.807) is 0 Å². The van der Waals surface area contributed by atoms with Gasteiger partial charge in [-0.1, -0.05) is 170 Å². The normalized spacial score (nSPS) is 12.8. The Morgan fingerprint density at radius 3 is 1.63 bits per heavy atom. The highest BCUT2D eigenvalue weighted by molar-refractivity contribution is 7.26. The molecule has 5 heteroatoms. The summed E-state index contributed by atoms with van der Waals surface area (Å²) in [7, 11) is 0. The molecule has 0 bridgehead atoms. The number of fused-ring (bicyclic) bond motifs is 7. The third kappa shape index (κ3) is 5.70. The molecule has 0 unspecified atom stereocenters. The summed E-state index contributed by atoms with van der Waals surface area (Å²) in [4.78, 5) is 14.3. The summed E-state index contributed by atoms with van der Waals surface area (Å²) in [6, 6.07) is 59.1. The number of benzene rings is 9. The number of hydrogen-bond donors (Lipinski definition) is 0. The van der Waals surface area contributed by atoms with E-state index >= 15 is 0 Å². The fraction of sp³-hybridized carbons (Fsp3) is 0. The maximum Gasteiger partial charge on any atom is 0.164 e. The van der Waals surface area contributed by atoms with Crippen LogP contribution < -0.4 is 0 Å². The van der Waals surface area contributed by atoms with Gasteiger partial charge < -0.3 is 4.57 Å². The van der Waals surface area contributed by atoms with Crippen molar-refractivity contribution in [1.29, 1.82) is 0 Å². The van der Waals surface area contributed by atoms with Gasteiger partial charge in [-0.15, -0.1) is 11.3 Å². The summed E-state index contributed by atoms with van der Waals surface area (Å²) in [5.41, 5.74) is 9.34. The van der Waals surface area contributed by atoms with Crippen molar-refractivity contribution in [2.24, 2.45) is 0 Å². The first-order valence-corrected chi connectivity index (χ1v) is 20.6. The van der Waals surface area contributed by atoms with Crippen LogP contribution in [0.1, 0.15) is 6.85 Å². The Labute approximate surface area is 357 Å². The van der Waals surface area contributed by atoms with E-state index in [0.717, 1.165) is 38.6 Å². The number of rotatable bonds is 6. The van der Waals surface area contributed by atoms with Crippen LogP contribution in [0.2, 0.25) is 0 Å². The van der Waals surface area contributed by atoms with Crippen LogP contribution in [0.25, 0.3) is 115 Å². The largest absolute Gasteiger partial charge is 0.309 e. The number of thiophene rings is 1. The van der Waals surface area contributed by atoms with Gasteiger partial charge in [-0.2, -0.15) is 0 Å². The molecule has 9 aromatic carbocycles. The summed E-state index contributed by atoms with van der Waals surface area (Å²) >= 11 is 1.83. The Hall–Kier alpha value is -7.73. The van der Waals surface area contributed by atoms with E-state index in [-0.39, 0.29) is 23.5 Å². The molecular weight excluding hydrogens is 749 g/mol. The quantitative estimate of drug-likeness (QED) is 0.169. The molecule has 280 valence electrons. The van der Waals surface area contributed by atoms with Crippen molar-refractivity contribution in [3.8, 4) is 62.1 Å². The summed E-state index contributed by atoms with van der Waals surface area (Å²) in [5.74, 6) is 0.665. The predicted molar refractivity (Wildman–Crippen MR) is 252 cm³/mol. The van der Waals surface area contributed by atoms with E-state index in [1.165, 1.54) is 42.1 Å². The molecule has 12 aromatic rings. The van der Waals surface area contributed by atoms with Gasteiger partial charge in [-0.3, -0.25) is 0 Å². The summed E-state index contributed by atoms with van der Waals surface area (Å²) in [5, 5.41) is 6.83. The first-order chi connectivity index (χ1) is 31.8. The van der Waals surface area contributed by atoms with Crippen molar-refractivity contribution in [1.82, 2.24) is 19.5 Å². The van der Waals surface area contributed by atoms with Crippen LogP contribution in [-0.4, -0.2) is 19.5 Å². The molecule has 0 fully saturated rings. The smallest absolute Gasteiger partial charge is 0.164 e. The standard InChI is InChI=1S/C55H34N4S/c1-4-15-35(16-5-1)43-23-14-24-46-48-34-42(59-49-25-12-10-21-44(49)45-22-11-13-26-50(45)59)33-47(52(48)60-51(43)46)40-29-27-39-32-41(30-28-38(39)31-40)55-57-53(36-17-6-2-7-18-36)56-54(58-55)37-19-8-3-9-20-37/h1-34H/i2D,6D,7D,17D,18D. The third-order valence-corrected chi connectivity index (χ3v) is 12.6. The Morgan fingerprint density at radius 2 is 0.933 bits per heavy atom. The second-order valence-corrected chi connectivity index (χ2v) is 15.9. The lowest BCUT2D eigenvalue weighted by atomic mass is 9.97. The highest BCUT2D eigenvalue weighted by Gasteiger charge is 2.19. The SMILES string of the molecule is [2H]c1c([2H])c([2H])c(-c2nc(-c3ccccc3)nc(-c3ccc4cc(-c5cc(-n6c7ccccc7c7ccccc76)cc6c5sc5c(-c7ccccc7)cccc56)ccc4c3)n2)c([2H])c1[2H]. The molecule has 0 atom stereocenters. The van der Waals surface area contributed by atoms with Gasteiger partial charge in [0.15, 0.2) is 17.5 Å². The zero-order valence-electron chi connectivity index (χ0n) is 36.9. The zero-order valence-corrected chi connectivity index (χ0v) is 32.8. The number of hydrogen-bond acceptors (Lipinski definition) is 4. The lowest BCUT2D eigenvalue weighted by molar-refractivity contribution is 1.07. The molecule has 3 aromatic heterocycles. The van der Waals surface area contributed by atoms with Crippen LogP contribution >= 0.6 is 11.3 Å². The fourth-order valence-electron chi connectivity index (χ4n) is 8.52. The van der Waals surface area contributed by atoms with E-state index in [0.29, 0.717) is 22.8 Å². The topological polar surface area (TPSA) is 43.6 Å². The first kappa shape index (κ1) is 29.5. The molecule has 4 nitrogen and oxygen atoms in total. The van der Waals surface area contributed by atoms with Crippen LogP contribution in [0.5, 0.6) is 0 Å². The minimum Gasteiger partial charge on any atom is -0.309 e. The van der Waals surface area contributed by atoms with Gasteiger partial charge in [-0.25, -0.2) is 15.0 Å². The van der Waals surface area contributed by atoms with Gasteiger partial charge in [0.25, 0.3) is 0 Å². The molecule has 0 saturated heterocycles. The van der Waals surface area contributed by atoms with Gasteiger partial charge in [-0.05, 0) is 63.9 Å². The minimum absolute atomic E-state index is 0.00667. The van der Waals surface area contributed by atoms with Gasteiger partial charge in [0.05, 0.1) is 17.9 Å². The Kier molecular flexibility index (Phi) is 6.87. The lowest BCUT2D eigenvalue weighted by Crippen LogP contribution is -2.00.